The molecule has 9 heteroatoms. The van der Waals surface area contributed by atoms with Crippen LogP contribution in [0.15, 0.2) is 47.0 Å². The van der Waals surface area contributed by atoms with Gasteiger partial charge in [0.15, 0.2) is 11.5 Å². The van der Waals surface area contributed by atoms with Gasteiger partial charge < -0.3 is 24.2 Å². The molecule has 2 N–H and O–H groups in total. The molecule has 1 aliphatic rings. The fraction of sp³-hybridized carbons (Fsp3) is 0.310. The van der Waals surface area contributed by atoms with E-state index in [1.165, 1.54) is 0 Å². The van der Waals surface area contributed by atoms with Crippen molar-refractivity contribution < 1.29 is 18.7 Å². The topological polar surface area (TPSA) is 115 Å². The van der Waals surface area contributed by atoms with Crippen molar-refractivity contribution in [1.29, 1.82) is 0 Å². The van der Waals surface area contributed by atoms with Gasteiger partial charge in [-0.15, -0.1) is 0 Å². The summed E-state index contributed by atoms with van der Waals surface area (Å²) in [5.41, 5.74) is 6.85. The second-order valence-electron chi connectivity index (χ2n) is 9.61. The van der Waals surface area contributed by atoms with E-state index >= 15 is 0 Å². The van der Waals surface area contributed by atoms with E-state index < -0.39 is 0 Å². The molecule has 3 aromatic heterocycles. The van der Waals surface area contributed by atoms with E-state index in [1.807, 2.05) is 56.4 Å². The van der Waals surface area contributed by atoms with Gasteiger partial charge in [0.25, 0.3) is 5.91 Å². The summed E-state index contributed by atoms with van der Waals surface area (Å²) in [4.78, 5) is 29.6. The van der Waals surface area contributed by atoms with Crippen LogP contribution in [0.1, 0.15) is 46.0 Å². The number of hydrogen-bond acceptors (Lipinski definition) is 7. The fourth-order valence-corrected chi connectivity index (χ4v) is 4.95. The molecule has 194 valence electrons. The Balaban J connectivity index is 1.41. The van der Waals surface area contributed by atoms with Crippen molar-refractivity contribution in [3.05, 3.63) is 71.0 Å². The van der Waals surface area contributed by atoms with E-state index in [2.05, 4.69) is 15.3 Å². The average Bonchev–Trinajstić information content (AvgIpc) is 3.52. The number of H-pyrrole nitrogens is 1. The zero-order valence-corrected chi connectivity index (χ0v) is 21.6. The molecule has 4 heterocycles. The molecule has 2 aromatic carbocycles. The first kappa shape index (κ1) is 24.1. The monoisotopic (exact) mass is 511 g/mol. The summed E-state index contributed by atoms with van der Waals surface area (Å²) in [7, 11) is 1.63. The van der Waals surface area contributed by atoms with Gasteiger partial charge >= 0.3 is 0 Å². The molecule has 1 amide bonds. The second kappa shape index (κ2) is 9.90. The SMILES string of the molecule is CNC(=O)c1ccc(Cc2nc(OC3CCOCC3)c3c(-c4ccc5nc(C)oc5c4)c[nH]c3n2)c(C)c1. The number of carbonyl (C=O) groups is 1. The molecular formula is C29H29N5O4. The number of benzene rings is 2. The van der Waals surface area contributed by atoms with Crippen molar-refractivity contribution in [1.82, 2.24) is 25.3 Å². The van der Waals surface area contributed by atoms with Crippen LogP contribution in [0.4, 0.5) is 0 Å². The number of rotatable bonds is 6. The Hall–Kier alpha value is -4.24. The number of aryl methyl sites for hydroxylation is 2. The van der Waals surface area contributed by atoms with Crippen LogP contribution < -0.4 is 10.1 Å². The van der Waals surface area contributed by atoms with E-state index in [9.17, 15) is 4.79 Å². The smallest absolute Gasteiger partial charge is 0.251 e. The van der Waals surface area contributed by atoms with Crippen molar-refractivity contribution in [3.8, 4) is 17.0 Å². The Morgan fingerprint density at radius 3 is 2.74 bits per heavy atom. The summed E-state index contributed by atoms with van der Waals surface area (Å²) >= 11 is 0. The Labute approximate surface area is 219 Å². The molecule has 1 saturated heterocycles. The number of fused-ring (bicyclic) bond motifs is 2. The molecule has 0 atom stereocenters. The highest BCUT2D eigenvalue weighted by Crippen LogP contribution is 2.36. The third kappa shape index (κ3) is 4.61. The van der Waals surface area contributed by atoms with Crippen molar-refractivity contribution in [2.24, 2.45) is 0 Å². The molecule has 9 nitrogen and oxygen atoms in total. The van der Waals surface area contributed by atoms with Crippen LogP contribution in [-0.4, -0.2) is 52.2 Å². The predicted octanol–water partition coefficient (Wildman–Crippen LogP) is 4.89. The molecule has 0 saturated carbocycles. The Kier molecular flexibility index (Phi) is 6.29. The average molecular weight is 512 g/mol. The van der Waals surface area contributed by atoms with Crippen LogP contribution in [0.25, 0.3) is 33.3 Å². The number of carbonyl (C=O) groups excluding carboxylic acids is 1. The summed E-state index contributed by atoms with van der Waals surface area (Å²) in [6.07, 6.45) is 4.09. The van der Waals surface area contributed by atoms with Crippen molar-refractivity contribution in [3.63, 3.8) is 0 Å². The van der Waals surface area contributed by atoms with Gasteiger partial charge in [0, 0.05) is 50.6 Å². The maximum Gasteiger partial charge on any atom is 0.251 e. The molecule has 0 bridgehead atoms. The standard InChI is InChI=1S/C29H29N5O4/c1-16-12-20(28(35)30-3)5-4-18(16)14-25-33-27-26(29(34-25)38-21-8-10-36-11-9-21)22(15-31-27)19-6-7-23-24(13-19)37-17(2)32-23/h4-7,12-13,15,21H,8-11,14H2,1-3H3,(H,30,35)(H,31,33,34). The quantitative estimate of drug-likeness (QED) is 0.333. The molecule has 0 radical (unpaired) electrons. The van der Waals surface area contributed by atoms with E-state index in [1.54, 1.807) is 7.05 Å². The van der Waals surface area contributed by atoms with Crippen LogP contribution in [0.2, 0.25) is 0 Å². The number of ether oxygens (including phenoxy) is 2. The lowest BCUT2D eigenvalue weighted by atomic mass is 10.0. The van der Waals surface area contributed by atoms with E-state index in [0.717, 1.165) is 51.6 Å². The van der Waals surface area contributed by atoms with E-state index in [-0.39, 0.29) is 12.0 Å². The molecule has 0 spiro atoms. The number of aromatic nitrogens is 4. The Morgan fingerprint density at radius 2 is 1.95 bits per heavy atom. The van der Waals surface area contributed by atoms with Crippen LogP contribution >= 0.6 is 0 Å². The molecule has 1 fully saturated rings. The molecule has 6 rings (SSSR count). The molecule has 38 heavy (non-hydrogen) atoms. The maximum absolute atomic E-state index is 12.0. The highest BCUT2D eigenvalue weighted by molar-refractivity contribution is 5.98. The summed E-state index contributed by atoms with van der Waals surface area (Å²) in [6.45, 7) is 5.18. The van der Waals surface area contributed by atoms with Gasteiger partial charge in [0.1, 0.15) is 23.1 Å². The zero-order chi connectivity index (χ0) is 26.2. The third-order valence-corrected chi connectivity index (χ3v) is 6.98. The number of aromatic amines is 1. The van der Waals surface area contributed by atoms with Gasteiger partial charge in [0.2, 0.25) is 5.88 Å². The van der Waals surface area contributed by atoms with Gasteiger partial charge in [-0.05, 0) is 47.9 Å². The lowest BCUT2D eigenvalue weighted by molar-refractivity contribution is 0.0243. The van der Waals surface area contributed by atoms with Crippen molar-refractivity contribution in [2.75, 3.05) is 20.3 Å². The number of nitrogens with zero attached hydrogens (tertiary/aromatic N) is 3. The van der Waals surface area contributed by atoms with Gasteiger partial charge in [-0.1, -0.05) is 12.1 Å². The molecule has 1 aliphatic heterocycles. The third-order valence-electron chi connectivity index (χ3n) is 6.98. The molecule has 5 aromatic rings. The van der Waals surface area contributed by atoms with Gasteiger partial charge in [-0.25, -0.2) is 9.97 Å². The van der Waals surface area contributed by atoms with Gasteiger partial charge in [-0.2, -0.15) is 4.98 Å². The van der Waals surface area contributed by atoms with Crippen LogP contribution in [0.3, 0.4) is 0 Å². The normalized spacial score (nSPS) is 14.3. The van der Waals surface area contributed by atoms with Crippen LogP contribution in [0, 0.1) is 13.8 Å². The van der Waals surface area contributed by atoms with Crippen molar-refractivity contribution in [2.45, 2.75) is 39.2 Å². The summed E-state index contributed by atoms with van der Waals surface area (Å²) in [5.74, 6) is 1.72. The first-order chi connectivity index (χ1) is 18.5. The minimum atomic E-state index is -0.109. The summed E-state index contributed by atoms with van der Waals surface area (Å²) in [6, 6.07) is 11.6. The Morgan fingerprint density at radius 1 is 1.11 bits per heavy atom. The number of amides is 1. The number of oxazole rings is 1. The Bertz CT molecular complexity index is 1650. The number of nitrogens with one attached hydrogen (secondary N) is 2. The minimum Gasteiger partial charge on any atom is -0.474 e. The lowest BCUT2D eigenvalue weighted by Gasteiger charge is -2.23. The molecule has 0 unspecified atom stereocenters. The first-order valence-electron chi connectivity index (χ1n) is 12.8. The number of hydrogen-bond donors (Lipinski definition) is 2. The highest BCUT2D eigenvalue weighted by Gasteiger charge is 2.22. The summed E-state index contributed by atoms with van der Waals surface area (Å²) in [5, 5.41) is 3.50. The van der Waals surface area contributed by atoms with Gasteiger partial charge in [0.05, 0.1) is 18.6 Å². The predicted molar refractivity (Wildman–Crippen MR) is 143 cm³/mol. The largest absolute Gasteiger partial charge is 0.474 e. The van der Waals surface area contributed by atoms with Crippen LogP contribution in [0.5, 0.6) is 5.88 Å². The van der Waals surface area contributed by atoms with Gasteiger partial charge in [-0.3, -0.25) is 4.79 Å². The molecular weight excluding hydrogens is 482 g/mol. The maximum atomic E-state index is 12.0. The second-order valence-corrected chi connectivity index (χ2v) is 9.61. The summed E-state index contributed by atoms with van der Waals surface area (Å²) < 4.78 is 17.8. The zero-order valence-electron chi connectivity index (χ0n) is 21.6. The minimum absolute atomic E-state index is 0.0189. The fourth-order valence-electron chi connectivity index (χ4n) is 4.95. The van der Waals surface area contributed by atoms with Crippen molar-refractivity contribution >= 4 is 28.0 Å². The molecule has 0 aliphatic carbocycles. The first-order valence-corrected chi connectivity index (χ1v) is 12.8. The van der Waals surface area contributed by atoms with Crippen LogP contribution in [-0.2, 0) is 11.2 Å². The lowest BCUT2D eigenvalue weighted by Crippen LogP contribution is -2.26. The van der Waals surface area contributed by atoms with E-state index in [0.29, 0.717) is 48.4 Å². The highest BCUT2D eigenvalue weighted by atomic mass is 16.5. The van der Waals surface area contributed by atoms with E-state index in [4.69, 9.17) is 23.9 Å².